The molecule has 1 aliphatic heterocycles. The first-order valence-electron chi connectivity index (χ1n) is 13.7. The first kappa shape index (κ1) is 27.8. The van der Waals surface area contributed by atoms with E-state index in [9.17, 15) is 14.9 Å². The number of ether oxygens (including phenoxy) is 2. The Balaban J connectivity index is 1.35. The molecule has 1 aliphatic carbocycles. The van der Waals surface area contributed by atoms with Crippen LogP contribution in [0.25, 0.3) is 5.65 Å². The fraction of sp³-hybridized carbons (Fsp3) is 0.414. The number of nitrogens with zero attached hydrogens (tertiary/aromatic N) is 5. The second kappa shape index (κ2) is 12.2. The number of anilines is 3. The molecule has 3 aromatic rings. The van der Waals surface area contributed by atoms with Gasteiger partial charge in [0, 0.05) is 55.9 Å². The van der Waals surface area contributed by atoms with Crippen LogP contribution in [0.1, 0.15) is 42.5 Å². The third-order valence-electron chi connectivity index (χ3n) is 7.47. The van der Waals surface area contributed by atoms with Gasteiger partial charge in [0.25, 0.3) is 11.8 Å². The molecule has 12 nitrogen and oxygen atoms in total. The Kier molecular flexibility index (Phi) is 8.24. The van der Waals surface area contributed by atoms with Gasteiger partial charge in [0.15, 0.2) is 11.5 Å². The molecule has 1 saturated heterocycles. The molecule has 1 atom stereocenters. The van der Waals surface area contributed by atoms with Crippen LogP contribution in [0.15, 0.2) is 42.2 Å². The minimum Gasteiger partial charge on any atom is -0.497 e. The second-order valence-corrected chi connectivity index (χ2v) is 10.4. The van der Waals surface area contributed by atoms with Crippen molar-refractivity contribution in [2.45, 2.75) is 32.1 Å². The van der Waals surface area contributed by atoms with Crippen LogP contribution in [0.3, 0.4) is 0 Å². The Hall–Kier alpha value is -4.79. The van der Waals surface area contributed by atoms with Crippen LogP contribution >= 0.6 is 0 Å². The number of hydrogen-bond acceptors (Lipinski definition) is 9. The Bertz CT molecular complexity index is 1500. The lowest BCUT2D eigenvalue weighted by Crippen LogP contribution is -2.42. The van der Waals surface area contributed by atoms with E-state index >= 15 is 0 Å². The van der Waals surface area contributed by atoms with Crippen molar-refractivity contribution in [3.05, 3.63) is 47.8 Å². The number of methoxy groups -OCH3 is 2. The highest BCUT2D eigenvalue weighted by atomic mass is 16.5. The van der Waals surface area contributed by atoms with Crippen molar-refractivity contribution in [2.75, 3.05) is 44.5 Å². The van der Waals surface area contributed by atoms with Gasteiger partial charge in [-0.3, -0.25) is 14.0 Å². The van der Waals surface area contributed by atoms with Gasteiger partial charge in [-0.05, 0) is 43.9 Å². The van der Waals surface area contributed by atoms with Gasteiger partial charge in [0.2, 0.25) is 5.95 Å². The van der Waals surface area contributed by atoms with Gasteiger partial charge in [-0.2, -0.15) is 10.2 Å². The lowest BCUT2D eigenvalue weighted by atomic mass is 9.97. The Morgan fingerprint density at radius 1 is 1.17 bits per heavy atom. The summed E-state index contributed by atoms with van der Waals surface area (Å²) in [5.74, 6) is 1.70. The highest BCUT2D eigenvalue weighted by Gasteiger charge is 2.28. The molecule has 2 fully saturated rings. The summed E-state index contributed by atoms with van der Waals surface area (Å²) < 4.78 is 12.4. The number of primary amides is 1. The highest BCUT2D eigenvalue weighted by molar-refractivity contribution is 6.04. The van der Waals surface area contributed by atoms with Gasteiger partial charge in [-0.1, -0.05) is 6.08 Å². The van der Waals surface area contributed by atoms with E-state index in [1.807, 2.05) is 0 Å². The largest absolute Gasteiger partial charge is 0.497 e. The predicted molar refractivity (Wildman–Crippen MR) is 153 cm³/mol. The Morgan fingerprint density at radius 2 is 1.93 bits per heavy atom. The van der Waals surface area contributed by atoms with E-state index < -0.39 is 5.91 Å². The number of hydrogen-bond donors (Lipinski definition) is 3. The smallest absolute Gasteiger partial charge is 0.264 e. The van der Waals surface area contributed by atoms with Gasteiger partial charge in [-0.15, -0.1) is 0 Å². The lowest BCUT2D eigenvalue weighted by Gasteiger charge is -2.33. The maximum absolute atomic E-state index is 13.1. The third-order valence-corrected chi connectivity index (χ3v) is 7.47. The maximum atomic E-state index is 13.1. The molecule has 1 aromatic carbocycles. The number of amides is 2. The first-order valence-corrected chi connectivity index (χ1v) is 13.7. The monoisotopic (exact) mass is 558 g/mol. The molecule has 0 radical (unpaired) electrons. The number of piperidine rings is 1. The van der Waals surface area contributed by atoms with Crippen LogP contribution in [0.5, 0.6) is 11.5 Å². The third kappa shape index (κ3) is 6.35. The quantitative estimate of drug-likeness (QED) is 0.236. The van der Waals surface area contributed by atoms with E-state index in [0.717, 1.165) is 19.3 Å². The minimum atomic E-state index is -0.679. The normalized spacial score (nSPS) is 17.1. The van der Waals surface area contributed by atoms with Crippen molar-refractivity contribution in [3.63, 3.8) is 0 Å². The molecule has 5 rings (SSSR count). The van der Waals surface area contributed by atoms with E-state index in [1.165, 1.54) is 12.8 Å². The summed E-state index contributed by atoms with van der Waals surface area (Å²) in [5.41, 5.74) is 7.07. The summed E-state index contributed by atoms with van der Waals surface area (Å²) in [4.78, 5) is 36.4. The standard InChI is InChI=1S/C29H34N8O4/c1-40-22-12-21(13-23(14-22)41-2)34-26-24(25(31)38)27-32-9-11-37(27)29(35-26)33-16-19-4-3-10-36(17-19)28(39)20(15-30)8-7-18-5-6-18/h8-9,11-14,18-19,34H,3-7,10,16-17H2,1-2H3,(H2,31,38)(H,33,35). The number of nitrogens with one attached hydrogen (secondary N) is 2. The van der Waals surface area contributed by atoms with E-state index in [1.54, 1.807) is 60.2 Å². The molecule has 41 heavy (non-hydrogen) atoms. The van der Waals surface area contributed by atoms with E-state index in [0.29, 0.717) is 54.3 Å². The van der Waals surface area contributed by atoms with Gasteiger partial charge >= 0.3 is 0 Å². The molecular weight excluding hydrogens is 524 g/mol. The van der Waals surface area contributed by atoms with Crippen LogP contribution < -0.4 is 25.8 Å². The Labute approximate surface area is 238 Å². The van der Waals surface area contributed by atoms with Gasteiger partial charge < -0.3 is 30.7 Å². The number of imidazole rings is 1. The number of aromatic nitrogens is 3. The van der Waals surface area contributed by atoms with E-state index in [-0.39, 0.29) is 28.8 Å². The molecule has 3 heterocycles. The molecule has 0 spiro atoms. The molecule has 0 bridgehead atoms. The Morgan fingerprint density at radius 3 is 2.59 bits per heavy atom. The number of nitrogens with two attached hydrogens (primary N) is 1. The van der Waals surface area contributed by atoms with Crippen molar-refractivity contribution in [1.82, 2.24) is 19.3 Å². The summed E-state index contributed by atoms with van der Waals surface area (Å²) in [6.07, 6.45) is 9.98. The second-order valence-electron chi connectivity index (χ2n) is 10.4. The number of fused-ring (bicyclic) bond motifs is 1. The van der Waals surface area contributed by atoms with Gasteiger partial charge in [0.05, 0.1) is 14.2 Å². The fourth-order valence-electron chi connectivity index (χ4n) is 5.08. The van der Waals surface area contributed by atoms with Crippen molar-refractivity contribution in [1.29, 1.82) is 5.26 Å². The molecule has 2 amide bonds. The number of carbonyl (C=O) groups is 2. The van der Waals surface area contributed by atoms with Crippen LogP contribution in [-0.2, 0) is 4.79 Å². The van der Waals surface area contributed by atoms with Crippen LogP contribution in [-0.4, -0.2) is 64.9 Å². The highest BCUT2D eigenvalue weighted by Crippen LogP contribution is 2.33. The average molecular weight is 559 g/mol. The van der Waals surface area contributed by atoms with Crippen LogP contribution in [0.2, 0.25) is 0 Å². The molecule has 4 N–H and O–H groups in total. The van der Waals surface area contributed by atoms with Gasteiger partial charge in [0.1, 0.15) is 28.7 Å². The van der Waals surface area contributed by atoms with Gasteiger partial charge in [-0.25, -0.2) is 4.98 Å². The van der Waals surface area contributed by atoms with Crippen molar-refractivity contribution in [3.8, 4) is 17.6 Å². The van der Waals surface area contributed by atoms with Crippen LogP contribution in [0, 0.1) is 23.2 Å². The fourth-order valence-corrected chi connectivity index (χ4v) is 5.08. The number of nitriles is 1. The summed E-state index contributed by atoms with van der Waals surface area (Å²) in [7, 11) is 3.10. The zero-order valence-electron chi connectivity index (χ0n) is 23.2. The summed E-state index contributed by atoms with van der Waals surface area (Å²) in [6.45, 7) is 1.70. The minimum absolute atomic E-state index is 0.138. The summed E-state index contributed by atoms with van der Waals surface area (Å²) >= 11 is 0. The number of likely N-dealkylation sites (tertiary alicyclic amines) is 1. The molecule has 1 saturated carbocycles. The number of carbonyl (C=O) groups excluding carboxylic acids is 2. The molecule has 214 valence electrons. The van der Waals surface area contributed by atoms with Crippen LogP contribution in [0.4, 0.5) is 17.5 Å². The maximum Gasteiger partial charge on any atom is 0.264 e. The van der Waals surface area contributed by atoms with Crippen molar-refractivity contribution < 1.29 is 19.1 Å². The van der Waals surface area contributed by atoms with E-state index in [2.05, 4.69) is 21.7 Å². The summed E-state index contributed by atoms with van der Waals surface area (Å²) in [5, 5.41) is 16.1. The van der Waals surface area contributed by atoms with E-state index in [4.69, 9.17) is 20.2 Å². The number of allylic oxidation sites excluding steroid dienone is 1. The van der Waals surface area contributed by atoms with Crippen molar-refractivity contribution in [2.24, 2.45) is 17.6 Å². The molecule has 2 aliphatic rings. The first-order chi connectivity index (χ1) is 19.9. The zero-order valence-corrected chi connectivity index (χ0v) is 23.2. The number of benzene rings is 1. The summed E-state index contributed by atoms with van der Waals surface area (Å²) in [6, 6.07) is 7.34. The van der Waals surface area contributed by atoms with Crippen molar-refractivity contribution >= 4 is 34.9 Å². The molecule has 12 heteroatoms. The molecular formula is C29H34N8O4. The topological polar surface area (TPSA) is 160 Å². The lowest BCUT2D eigenvalue weighted by molar-refractivity contribution is -0.128. The molecule has 2 aromatic heterocycles. The number of rotatable bonds is 11. The molecule has 1 unspecified atom stereocenters. The zero-order chi connectivity index (χ0) is 28.9. The predicted octanol–water partition coefficient (Wildman–Crippen LogP) is 3.49. The average Bonchev–Trinajstić information content (AvgIpc) is 3.69. The SMILES string of the molecule is COc1cc(Nc2nc(NCC3CCCN(C(=O)C(C#N)=CCC4CC4)C3)n3ccnc3c2C(N)=O)cc(OC)c1.